The Morgan fingerprint density at radius 2 is 1.87 bits per heavy atom. The molecule has 1 spiro atoms. The summed E-state index contributed by atoms with van der Waals surface area (Å²) in [6.45, 7) is 5.74. The van der Waals surface area contributed by atoms with E-state index in [1.54, 1.807) is 0 Å². The minimum atomic E-state index is 0.0975. The van der Waals surface area contributed by atoms with Crippen LogP contribution in [0.3, 0.4) is 0 Å². The highest BCUT2D eigenvalue weighted by Crippen LogP contribution is 2.33. The van der Waals surface area contributed by atoms with Crippen molar-refractivity contribution in [1.82, 2.24) is 10.6 Å². The second-order valence-corrected chi connectivity index (χ2v) is 4.90. The van der Waals surface area contributed by atoms with Gasteiger partial charge in [0.15, 0.2) is 0 Å². The van der Waals surface area contributed by atoms with Gasteiger partial charge in [0.1, 0.15) is 5.60 Å². The molecule has 0 saturated carbocycles. The predicted octanol–water partition coefficient (Wildman–Crippen LogP) is -0.257. The van der Waals surface area contributed by atoms with Crippen molar-refractivity contribution in [2.75, 3.05) is 39.5 Å². The fourth-order valence-corrected chi connectivity index (χ4v) is 3.08. The van der Waals surface area contributed by atoms with E-state index in [1.165, 1.54) is 12.8 Å². The van der Waals surface area contributed by atoms with Crippen LogP contribution in [0.5, 0.6) is 0 Å². The second-order valence-electron chi connectivity index (χ2n) is 4.90. The third-order valence-corrected chi connectivity index (χ3v) is 4.01. The van der Waals surface area contributed by atoms with Crippen LogP contribution in [0.25, 0.3) is 0 Å². The maximum Gasteiger partial charge on any atom is 0.108 e. The Morgan fingerprint density at radius 3 is 2.53 bits per heavy atom. The van der Waals surface area contributed by atoms with E-state index in [1.807, 2.05) is 0 Å². The molecule has 3 rings (SSSR count). The van der Waals surface area contributed by atoms with Gasteiger partial charge in [-0.05, 0) is 18.8 Å². The van der Waals surface area contributed by atoms with E-state index >= 15 is 0 Å². The molecular weight excluding hydrogens is 192 g/mol. The molecule has 0 aromatic carbocycles. The van der Waals surface area contributed by atoms with E-state index in [0.717, 1.165) is 45.4 Å². The molecule has 3 heterocycles. The zero-order chi connectivity index (χ0) is 10.1. The average Bonchev–Trinajstić information content (AvgIpc) is 2.28. The van der Waals surface area contributed by atoms with Crippen LogP contribution in [0.15, 0.2) is 0 Å². The van der Waals surface area contributed by atoms with Crippen molar-refractivity contribution in [3.8, 4) is 0 Å². The van der Waals surface area contributed by atoms with Crippen molar-refractivity contribution < 1.29 is 9.47 Å². The third-order valence-electron chi connectivity index (χ3n) is 4.01. The Labute approximate surface area is 90.7 Å². The van der Waals surface area contributed by atoms with Gasteiger partial charge in [0.05, 0.1) is 6.61 Å². The normalized spacial score (nSPS) is 36.4. The van der Waals surface area contributed by atoms with E-state index < -0.39 is 0 Å². The fourth-order valence-electron chi connectivity index (χ4n) is 3.08. The molecule has 3 aliphatic rings. The minimum absolute atomic E-state index is 0.0975. The summed E-state index contributed by atoms with van der Waals surface area (Å²) in [6.07, 6.45) is 2.37. The largest absolute Gasteiger partial charge is 0.381 e. The minimum Gasteiger partial charge on any atom is -0.381 e. The summed E-state index contributed by atoms with van der Waals surface area (Å²) in [5.74, 6) is 0.737. The molecule has 0 amide bonds. The van der Waals surface area contributed by atoms with Crippen LogP contribution in [-0.2, 0) is 9.47 Å². The molecular formula is C11H20N2O2. The van der Waals surface area contributed by atoms with E-state index in [2.05, 4.69) is 10.6 Å². The van der Waals surface area contributed by atoms with Gasteiger partial charge in [-0.2, -0.15) is 0 Å². The van der Waals surface area contributed by atoms with Gasteiger partial charge in [-0.3, -0.25) is 0 Å². The molecule has 3 fully saturated rings. The van der Waals surface area contributed by atoms with Gasteiger partial charge in [0, 0.05) is 38.9 Å². The maximum absolute atomic E-state index is 6.00. The van der Waals surface area contributed by atoms with Crippen LogP contribution >= 0.6 is 0 Å². The molecule has 0 aromatic rings. The first kappa shape index (κ1) is 10.0. The number of hydrogen-bond acceptors (Lipinski definition) is 4. The van der Waals surface area contributed by atoms with E-state index in [9.17, 15) is 0 Å². The van der Waals surface area contributed by atoms with Crippen LogP contribution in [0, 0.1) is 5.92 Å². The molecule has 86 valence electrons. The SMILES string of the molecule is C1COC2(CNC2)C(C2CCOCC2)N1. The summed E-state index contributed by atoms with van der Waals surface area (Å²) >= 11 is 0. The topological polar surface area (TPSA) is 42.5 Å². The molecule has 1 atom stereocenters. The Morgan fingerprint density at radius 1 is 1.07 bits per heavy atom. The molecule has 0 aromatic heterocycles. The quantitative estimate of drug-likeness (QED) is 0.628. The molecule has 2 N–H and O–H groups in total. The van der Waals surface area contributed by atoms with Crippen molar-refractivity contribution in [2.45, 2.75) is 24.5 Å². The molecule has 0 radical (unpaired) electrons. The smallest absolute Gasteiger partial charge is 0.108 e. The summed E-state index contributed by atoms with van der Waals surface area (Å²) in [4.78, 5) is 0. The monoisotopic (exact) mass is 212 g/mol. The zero-order valence-corrected chi connectivity index (χ0v) is 9.13. The highest BCUT2D eigenvalue weighted by Gasteiger charge is 2.50. The number of rotatable bonds is 1. The predicted molar refractivity (Wildman–Crippen MR) is 56.9 cm³/mol. The van der Waals surface area contributed by atoms with Crippen molar-refractivity contribution in [3.63, 3.8) is 0 Å². The zero-order valence-electron chi connectivity index (χ0n) is 9.13. The van der Waals surface area contributed by atoms with Crippen molar-refractivity contribution in [1.29, 1.82) is 0 Å². The summed E-state index contributed by atoms with van der Waals surface area (Å²) in [5, 5.41) is 7.01. The van der Waals surface area contributed by atoms with Gasteiger partial charge < -0.3 is 20.1 Å². The van der Waals surface area contributed by atoms with Gasteiger partial charge in [-0.15, -0.1) is 0 Å². The lowest BCUT2D eigenvalue weighted by atomic mass is 9.76. The molecule has 3 saturated heterocycles. The first-order valence-corrected chi connectivity index (χ1v) is 6.07. The van der Waals surface area contributed by atoms with Gasteiger partial charge in [-0.25, -0.2) is 0 Å². The van der Waals surface area contributed by atoms with Gasteiger partial charge >= 0.3 is 0 Å². The number of hydrogen-bond donors (Lipinski definition) is 2. The first-order chi connectivity index (χ1) is 7.41. The van der Waals surface area contributed by atoms with Crippen LogP contribution in [-0.4, -0.2) is 51.1 Å². The lowest BCUT2D eigenvalue weighted by Gasteiger charge is -2.53. The van der Waals surface area contributed by atoms with E-state index in [0.29, 0.717) is 6.04 Å². The van der Waals surface area contributed by atoms with Crippen molar-refractivity contribution in [2.24, 2.45) is 5.92 Å². The summed E-state index contributed by atoms with van der Waals surface area (Å²) in [5.41, 5.74) is 0.0975. The molecule has 0 aliphatic carbocycles. The molecule has 1 unspecified atom stereocenters. The Hall–Kier alpha value is -0.160. The lowest BCUT2D eigenvalue weighted by molar-refractivity contribution is -0.146. The number of nitrogens with one attached hydrogen (secondary N) is 2. The van der Waals surface area contributed by atoms with Crippen molar-refractivity contribution in [3.05, 3.63) is 0 Å². The Bertz CT molecular complexity index is 225. The molecule has 3 aliphatic heterocycles. The Balaban J connectivity index is 1.70. The molecule has 4 nitrogen and oxygen atoms in total. The third kappa shape index (κ3) is 1.69. The summed E-state index contributed by atoms with van der Waals surface area (Å²) in [6, 6.07) is 0.538. The Kier molecular flexibility index (Phi) is 2.68. The highest BCUT2D eigenvalue weighted by molar-refractivity contribution is 5.07. The highest BCUT2D eigenvalue weighted by atomic mass is 16.5. The maximum atomic E-state index is 6.00. The number of morpholine rings is 1. The molecule has 15 heavy (non-hydrogen) atoms. The summed E-state index contributed by atoms with van der Waals surface area (Å²) in [7, 11) is 0. The molecule has 0 bridgehead atoms. The van der Waals surface area contributed by atoms with Crippen LogP contribution < -0.4 is 10.6 Å². The van der Waals surface area contributed by atoms with E-state index in [-0.39, 0.29) is 5.60 Å². The summed E-state index contributed by atoms with van der Waals surface area (Å²) < 4.78 is 11.4. The second kappa shape index (κ2) is 4.01. The fraction of sp³-hybridized carbons (Fsp3) is 1.00. The van der Waals surface area contributed by atoms with Crippen LogP contribution in [0.2, 0.25) is 0 Å². The average molecular weight is 212 g/mol. The van der Waals surface area contributed by atoms with Crippen LogP contribution in [0.4, 0.5) is 0 Å². The number of ether oxygens (including phenoxy) is 2. The first-order valence-electron chi connectivity index (χ1n) is 6.07. The van der Waals surface area contributed by atoms with E-state index in [4.69, 9.17) is 9.47 Å². The van der Waals surface area contributed by atoms with Gasteiger partial charge in [-0.1, -0.05) is 0 Å². The van der Waals surface area contributed by atoms with Gasteiger partial charge in [0.2, 0.25) is 0 Å². The van der Waals surface area contributed by atoms with Crippen LogP contribution in [0.1, 0.15) is 12.8 Å². The van der Waals surface area contributed by atoms with Crippen molar-refractivity contribution >= 4 is 0 Å². The van der Waals surface area contributed by atoms with Gasteiger partial charge in [0.25, 0.3) is 0 Å². The molecule has 4 heteroatoms. The standard InChI is InChI=1S/C11H20N2O2/c1-4-14-5-2-9(1)10-11(7-12-8-11)15-6-3-13-10/h9-10,12-13H,1-8H2. The lowest BCUT2D eigenvalue weighted by Crippen LogP contribution is -2.75.